The quantitative estimate of drug-likeness (QED) is 0.740. The molecule has 0 unspecified atom stereocenters. The summed E-state index contributed by atoms with van der Waals surface area (Å²) in [7, 11) is 3.09. The van der Waals surface area contributed by atoms with Crippen LogP contribution in [0.3, 0.4) is 0 Å². The molecule has 132 valence electrons. The Morgan fingerprint density at radius 3 is 2.48 bits per heavy atom. The molecule has 25 heavy (non-hydrogen) atoms. The van der Waals surface area contributed by atoms with E-state index in [1.54, 1.807) is 31.4 Å². The average molecular weight is 407 g/mol. The van der Waals surface area contributed by atoms with Gasteiger partial charge in [0.15, 0.2) is 0 Å². The fourth-order valence-corrected chi connectivity index (χ4v) is 2.55. The van der Waals surface area contributed by atoms with Crippen LogP contribution in [0.1, 0.15) is 5.56 Å². The Morgan fingerprint density at radius 1 is 1.04 bits per heavy atom. The number of ether oxygens (including phenoxy) is 2. The van der Waals surface area contributed by atoms with E-state index in [1.807, 2.05) is 18.2 Å². The number of rotatable bonds is 7. The lowest BCUT2D eigenvalue weighted by Crippen LogP contribution is -2.33. The van der Waals surface area contributed by atoms with Gasteiger partial charge in [0.1, 0.15) is 11.5 Å². The molecule has 0 atom stereocenters. The number of hydrogen-bond donors (Lipinski definition) is 2. The average Bonchev–Trinajstić information content (AvgIpc) is 2.62. The highest BCUT2D eigenvalue weighted by atomic mass is 79.9. The summed E-state index contributed by atoms with van der Waals surface area (Å²) < 4.78 is 11.2. The summed E-state index contributed by atoms with van der Waals surface area (Å²) in [5.74, 6) is 0.633. The summed E-state index contributed by atoms with van der Waals surface area (Å²) in [4.78, 5) is 24.0. The topological polar surface area (TPSA) is 76.7 Å². The van der Waals surface area contributed by atoms with E-state index < -0.39 is 0 Å². The molecule has 0 aliphatic rings. The van der Waals surface area contributed by atoms with Crippen molar-refractivity contribution in [2.45, 2.75) is 6.42 Å². The van der Waals surface area contributed by atoms with Crippen molar-refractivity contribution in [3.05, 3.63) is 52.5 Å². The molecule has 0 spiro atoms. The summed E-state index contributed by atoms with van der Waals surface area (Å²) in [6.07, 6.45) is 0.107. The van der Waals surface area contributed by atoms with Crippen molar-refractivity contribution in [2.24, 2.45) is 0 Å². The van der Waals surface area contributed by atoms with Crippen molar-refractivity contribution in [1.29, 1.82) is 0 Å². The molecule has 0 heterocycles. The van der Waals surface area contributed by atoms with E-state index in [9.17, 15) is 9.59 Å². The summed E-state index contributed by atoms with van der Waals surface area (Å²) >= 11 is 3.35. The molecule has 0 bridgehead atoms. The highest BCUT2D eigenvalue weighted by Crippen LogP contribution is 2.25. The molecule has 0 radical (unpaired) electrons. The first-order valence-corrected chi connectivity index (χ1v) is 8.34. The Morgan fingerprint density at radius 2 is 1.80 bits per heavy atom. The number of methoxy groups -OCH3 is 2. The molecular weight excluding hydrogens is 388 g/mol. The molecule has 7 heteroatoms. The number of carbonyl (C=O) groups is 2. The first kappa shape index (κ1) is 18.8. The molecule has 0 saturated heterocycles. The zero-order valence-electron chi connectivity index (χ0n) is 14.0. The maximum Gasteiger partial charge on any atom is 0.243 e. The van der Waals surface area contributed by atoms with Crippen molar-refractivity contribution in [2.75, 3.05) is 26.1 Å². The Kier molecular flexibility index (Phi) is 6.82. The van der Waals surface area contributed by atoms with E-state index in [4.69, 9.17) is 9.47 Å². The summed E-state index contributed by atoms with van der Waals surface area (Å²) in [6.45, 7) is -0.112. The second-order valence-electron chi connectivity index (χ2n) is 5.16. The molecule has 0 aromatic heterocycles. The fourth-order valence-electron chi connectivity index (χ4n) is 2.17. The maximum atomic E-state index is 12.1. The van der Waals surface area contributed by atoms with Gasteiger partial charge in [-0.25, -0.2) is 0 Å². The van der Waals surface area contributed by atoms with Crippen LogP contribution in [0, 0.1) is 0 Å². The third-order valence-corrected chi connectivity index (χ3v) is 4.13. The molecule has 2 aromatic carbocycles. The predicted molar refractivity (Wildman–Crippen MR) is 99.0 cm³/mol. The van der Waals surface area contributed by atoms with Crippen molar-refractivity contribution >= 4 is 33.4 Å². The molecule has 0 aliphatic carbocycles. The van der Waals surface area contributed by atoms with Crippen molar-refractivity contribution in [1.82, 2.24) is 5.32 Å². The summed E-state index contributed by atoms with van der Waals surface area (Å²) in [5.41, 5.74) is 1.37. The minimum Gasteiger partial charge on any atom is -0.497 e. The molecule has 2 amide bonds. The molecule has 6 nitrogen and oxygen atoms in total. The monoisotopic (exact) mass is 406 g/mol. The molecule has 2 rings (SSSR count). The second-order valence-corrected chi connectivity index (χ2v) is 6.01. The number of anilines is 1. The number of nitrogens with one attached hydrogen (secondary N) is 2. The zero-order valence-corrected chi connectivity index (χ0v) is 15.6. The highest BCUT2D eigenvalue weighted by molar-refractivity contribution is 9.10. The van der Waals surface area contributed by atoms with E-state index >= 15 is 0 Å². The number of hydrogen-bond acceptors (Lipinski definition) is 4. The van der Waals surface area contributed by atoms with Crippen LogP contribution in [-0.2, 0) is 16.0 Å². The van der Waals surface area contributed by atoms with Gasteiger partial charge in [-0.1, -0.05) is 18.2 Å². The number of halogens is 1. The first-order chi connectivity index (χ1) is 12.0. The van der Waals surface area contributed by atoms with Gasteiger partial charge in [0, 0.05) is 16.1 Å². The molecule has 2 aromatic rings. The van der Waals surface area contributed by atoms with E-state index in [-0.39, 0.29) is 24.8 Å². The zero-order chi connectivity index (χ0) is 18.2. The van der Waals surface area contributed by atoms with Crippen LogP contribution in [-0.4, -0.2) is 32.6 Å². The van der Waals surface area contributed by atoms with Crippen LogP contribution in [0.2, 0.25) is 0 Å². The lowest BCUT2D eigenvalue weighted by atomic mass is 10.1. The van der Waals surface area contributed by atoms with E-state index in [0.29, 0.717) is 22.7 Å². The van der Waals surface area contributed by atoms with Gasteiger partial charge in [0.05, 0.1) is 32.9 Å². The Balaban J connectivity index is 1.88. The van der Waals surface area contributed by atoms with Crippen molar-refractivity contribution in [3.63, 3.8) is 0 Å². The van der Waals surface area contributed by atoms with E-state index in [2.05, 4.69) is 26.6 Å². The lowest BCUT2D eigenvalue weighted by Gasteiger charge is -2.11. The number of para-hydroxylation sites is 1. The second kappa shape index (κ2) is 9.08. The summed E-state index contributed by atoms with van der Waals surface area (Å²) in [5, 5.41) is 5.32. The van der Waals surface area contributed by atoms with E-state index in [0.717, 1.165) is 4.47 Å². The Bertz CT molecular complexity index is 764. The molecular formula is C18H19BrN2O4. The third kappa shape index (κ3) is 5.49. The van der Waals surface area contributed by atoms with Crippen molar-refractivity contribution in [3.8, 4) is 11.5 Å². The van der Waals surface area contributed by atoms with Crippen LogP contribution < -0.4 is 20.1 Å². The van der Waals surface area contributed by atoms with Crippen LogP contribution in [0.15, 0.2) is 46.9 Å². The minimum absolute atomic E-state index is 0.107. The lowest BCUT2D eigenvalue weighted by molar-refractivity contribution is -0.123. The number of carbonyl (C=O) groups excluding carboxylic acids is 2. The first-order valence-electron chi connectivity index (χ1n) is 7.55. The highest BCUT2D eigenvalue weighted by Gasteiger charge is 2.12. The van der Waals surface area contributed by atoms with Crippen LogP contribution in [0.4, 0.5) is 5.69 Å². The number of amides is 2. The van der Waals surface area contributed by atoms with Gasteiger partial charge < -0.3 is 20.1 Å². The smallest absolute Gasteiger partial charge is 0.243 e. The SMILES string of the molecule is COc1ccc(CC(=O)NCC(=O)Nc2ccccc2Br)c(OC)c1. The molecule has 0 aliphatic heterocycles. The molecule has 2 N–H and O–H groups in total. The maximum absolute atomic E-state index is 12.1. The van der Waals surface area contributed by atoms with Gasteiger partial charge >= 0.3 is 0 Å². The molecule has 0 fully saturated rings. The third-order valence-electron chi connectivity index (χ3n) is 3.44. The Hall–Kier alpha value is -2.54. The predicted octanol–water partition coefficient (Wildman–Crippen LogP) is 2.76. The van der Waals surface area contributed by atoms with Crippen LogP contribution >= 0.6 is 15.9 Å². The fraction of sp³-hybridized carbons (Fsp3) is 0.222. The van der Waals surface area contributed by atoms with Gasteiger partial charge in [-0.2, -0.15) is 0 Å². The van der Waals surface area contributed by atoms with Gasteiger partial charge in [0.25, 0.3) is 0 Å². The Labute approximate surface area is 154 Å². The van der Waals surface area contributed by atoms with E-state index in [1.165, 1.54) is 7.11 Å². The van der Waals surface area contributed by atoms with Gasteiger partial charge in [-0.3, -0.25) is 9.59 Å². The largest absolute Gasteiger partial charge is 0.497 e. The van der Waals surface area contributed by atoms with Gasteiger partial charge in [-0.05, 0) is 34.1 Å². The number of benzene rings is 2. The normalized spacial score (nSPS) is 10.0. The van der Waals surface area contributed by atoms with Crippen molar-refractivity contribution < 1.29 is 19.1 Å². The standard InChI is InChI=1S/C18H19BrN2O4/c1-24-13-8-7-12(16(10-13)25-2)9-17(22)20-11-18(23)21-15-6-4-3-5-14(15)19/h3-8,10H,9,11H2,1-2H3,(H,20,22)(H,21,23). The minimum atomic E-state index is -0.304. The van der Waals surface area contributed by atoms with Crippen LogP contribution in [0.5, 0.6) is 11.5 Å². The summed E-state index contributed by atoms with van der Waals surface area (Å²) in [6, 6.07) is 12.5. The van der Waals surface area contributed by atoms with Crippen LogP contribution in [0.25, 0.3) is 0 Å². The van der Waals surface area contributed by atoms with Gasteiger partial charge in [-0.15, -0.1) is 0 Å². The molecule has 0 saturated carbocycles. The van der Waals surface area contributed by atoms with Gasteiger partial charge in [0.2, 0.25) is 11.8 Å².